The van der Waals surface area contributed by atoms with E-state index >= 15 is 0 Å². The molecule has 0 spiro atoms. The molecule has 40 heavy (non-hydrogen) atoms. The molecule has 2 saturated carbocycles. The molecule has 0 radical (unpaired) electrons. The Bertz CT molecular complexity index is 1160. The predicted octanol–water partition coefficient (Wildman–Crippen LogP) is 6.42. The van der Waals surface area contributed by atoms with E-state index < -0.39 is 11.7 Å². The van der Waals surface area contributed by atoms with Crippen LogP contribution in [-0.2, 0) is 4.79 Å². The van der Waals surface area contributed by atoms with Crippen molar-refractivity contribution in [1.82, 2.24) is 20.5 Å². The fourth-order valence-electron chi connectivity index (χ4n) is 4.83. The summed E-state index contributed by atoms with van der Waals surface area (Å²) in [5.74, 6) is 1.22. The third kappa shape index (κ3) is 8.36. The van der Waals surface area contributed by atoms with Gasteiger partial charge in [-0.3, -0.25) is 9.69 Å². The monoisotopic (exact) mass is 581 g/mol. The highest BCUT2D eigenvalue weighted by Gasteiger charge is 2.42. The number of thioether (sulfide) groups is 1. The molecule has 1 aromatic heterocycles. The van der Waals surface area contributed by atoms with E-state index in [9.17, 15) is 22.4 Å². The number of aromatic nitrogens is 1. The number of rotatable bonds is 15. The number of hydrogen-bond acceptors (Lipinski definition) is 6. The number of carbonyl (C=O) groups excluding carboxylic acids is 1. The zero-order valence-corrected chi connectivity index (χ0v) is 24.2. The molecule has 0 bridgehead atoms. The van der Waals surface area contributed by atoms with Crippen molar-refractivity contribution in [3.63, 3.8) is 0 Å². The van der Waals surface area contributed by atoms with Crippen LogP contribution in [0.3, 0.4) is 0 Å². The summed E-state index contributed by atoms with van der Waals surface area (Å²) in [4.78, 5) is 18.3. The summed E-state index contributed by atoms with van der Waals surface area (Å²) >= 11 is 1.64. The van der Waals surface area contributed by atoms with Gasteiger partial charge in [0.15, 0.2) is 0 Å². The Morgan fingerprint density at radius 2 is 1.98 bits per heavy atom. The van der Waals surface area contributed by atoms with Crippen molar-refractivity contribution >= 4 is 40.8 Å². The molecule has 0 atom stereocenters. The molecular formula is C29H39F4N5OS. The van der Waals surface area contributed by atoms with Crippen LogP contribution in [0.1, 0.15) is 55.8 Å². The highest BCUT2D eigenvalue weighted by molar-refractivity contribution is 7.98. The van der Waals surface area contributed by atoms with E-state index in [0.717, 1.165) is 18.7 Å². The molecule has 6 nitrogen and oxygen atoms in total. The summed E-state index contributed by atoms with van der Waals surface area (Å²) in [7, 11) is 1.92. The highest BCUT2D eigenvalue weighted by Crippen LogP contribution is 2.43. The van der Waals surface area contributed by atoms with Crippen LogP contribution in [0.2, 0.25) is 0 Å². The van der Waals surface area contributed by atoms with Crippen LogP contribution in [-0.4, -0.2) is 60.3 Å². The van der Waals surface area contributed by atoms with Gasteiger partial charge in [0.2, 0.25) is 5.91 Å². The second kappa shape index (κ2) is 13.2. The Hall–Kier alpha value is -2.79. The quantitative estimate of drug-likeness (QED) is 0.164. The van der Waals surface area contributed by atoms with Gasteiger partial charge in [0.05, 0.1) is 11.3 Å². The zero-order chi connectivity index (χ0) is 29.7. The molecule has 220 valence electrons. The molecule has 2 aliphatic carbocycles. The average Bonchev–Trinajstić information content (AvgIpc) is 3.73. The summed E-state index contributed by atoms with van der Waals surface area (Å²) < 4.78 is 55.0. The highest BCUT2D eigenvalue weighted by atomic mass is 32.2. The number of anilines is 1. The number of amides is 1. The SMILES string of the molecule is C=Cc1c(C(=C)N/C(=C\F)CCN(C)CSC)cc(NC2CC(C)(CNC(=O)C3CC3)C2)nc1C(=C)C(F)(F)F. The van der Waals surface area contributed by atoms with Gasteiger partial charge < -0.3 is 16.0 Å². The largest absolute Gasteiger partial charge is 0.417 e. The van der Waals surface area contributed by atoms with Gasteiger partial charge in [-0.05, 0) is 50.5 Å². The standard InChI is InChI=1S/C29H39F4N5OS/c1-7-23-24(19(3)35-21(15-30)10-11-38(5)17-40-6)12-25(37-26(23)18(2)29(31,32)33)36-22-13-28(4,14-22)16-34-27(39)20-8-9-20/h7,12,15,20,22,35H,1-3,8-11,13-14,16-17H2,4-6H3,(H,34,39)(H,36,37)/b21-15-. The first kappa shape index (κ1) is 31.7. The Morgan fingerprint density at radius 3 is 2.52 bits per heavy atom. The van der Waals surface area contributed by atoms with E-state index in [0.29, 0.717) is 44.2 Å². The molecule has 11 heteroatoms. The van der Waals surface area contributed by atoms with E-state index in [2.05, 4.69) is 47.6 Å². The lowest BCUT2D eigenvalue weighted by Crippen LogP contribution is -2.50. The van der Waals surface area contributed by atoms with Crippen molar-refractivity contribution in [1.29, 1.82) is 0 Å². The molecule has 0 unspecified atom stereocenters. The lowest BCUT2D eigenvalue weighted by molar-refractivity contribution is -0.123. The Kier molecular flexibility index (Phi) is 10.5. The first-order valence-corrected chi connectivity index (χ1v) is 14.6. The van der Waals surface area contributed by atoms with Crippen LogP contribution < -0.4 is 16.0 Å². The van der Waals surface area contributed by atoms with E-state index in [1.165, 1.54) is 6.08 Å². The number of nitrogens with one attached hydrogen (secondary N) is 3. The molecule has 0 aliphatic heterocycles. The number of pyridine rings is 1. The smallest absolute Gasteiger partial charge is 0.367 e. The van der Waals surface area contributed by atoms with Crippen molar-refractivity contribution in [3.8, 4) is 0 Å². The van der Waals surface area contributed by atoms with Crippen LogP contribution in [0.25, 0.3) is 17.3 Å². The number of hydrogen-bond donors (Lipinski definition) is 3. The summed E-state index contributed by atoms with van der Waals surface area (Å²) in [6.07, 6.45) is 2.63. The van der Waals surface area contributed by atoms with Crippen molar-refractivity contribution in [3.05, 3.63) is 54.7 Å². The Balaban J connectivity index is 1.79. The minimum absolute atomic E-state index is 0.0424. The number of halogens is 4. The van der Waals surface area contributed by atoms with Gasteiger partial charge in [0, 0.05) is 59.9 Å². The Morgan fingerprint density at radius 1 is 1.30 bits per heavy atom. The van der Waals surface area contributed by atoms with Gasteiger partial charge in [-0.25, -0.2) is 9.37 Å². The normalized spacial score (nSPS) is 21.0. The third-order valence-electron chi connectivity index (χ3n) is 7.24. The van der Waals surface area contributed by atoms with Crippen LogP contribution >= 0.6 is 11.8 Å². The summed E-state index contributed by atoms with van der Waals surface area (Å²) in [5.41, 5.74) is -0.712. The molecule has 1 aromatic rings. The predicted molar refractivity (Wildman–Crippen MR) is 157 cm³/mol. The van der Waals surface area contributed by atoms with Crippen LogP contribution in [0.4, 0.5) is 23.4 Å². The molecule has 3 N–H and O–H groups in total. The third-order valence-corrected chi connectivity index (χ3v) is 7.94. The van der Waals surface area contributed by atoms with E-state index in [4.69, 9.17) is 0 Å². The second-order valence-electron chi connectivity index (χ2n) is 11.0. The first-order chi connectivity index (χ1) is 18.8. The van der Waals surface area contributed by atoms with Gasteiger partial charge in [0.1, 0.15) is 12.1 Å². The minimum atomic E-state index is -4.71. The zero-order valence-electron chi connectivity index (χ0n) is 23.4. The van der Waals surface area contributed by atoms with Gasteiger partial charge >= 0.3 is 6.18 Å². The van der Waals surface area contributed by atoms with Gasteiger partial charge in [-0.1, -0.05) is 32.7 Å². The minimum Gasteiger partial charge on any atom is -0.367 e. The maximum absolute atomic E-state index is 13.7. The van der Waals surface area contributed by atoms with Gasteiger partial charge in [-0.15, -0.1) is 11.8 Å². The molecule has 0 saturated heterocycles. The molecular weight excluding hydrogens is 542 g/mol. The molecule has 3 rings (SSSR count). The molecule has 1 amide bonds. The number of allylic oxidation sites excluding steroid dienone is 1. The van der Waals surface area contributed by atoms with Crippen molar-refractivity contribution in [2.75, 3.05) is 37.6 Å². The number of carbonyl (C=O) groups is 1. The molecule has 2 fully saturated rings. The van der Waals surface area contributed by atoms with Crippen molar-refractivity contribution in [2.45, 2.75) is 51.2 Å². The Labute approximate surface area is 238 Å². The van der Waals surface area contributed by atoms with Gasteiger partial charge in [0.25, 0.3) is 0 Å². The topological polar surface area (TPSA) is 69.3 Å². The van der Waals surface area contributed by atoms with Crippen LogP contribution in [0.5, 0.6) is 0 Å². The lowest BCUT2D eigenvalue weighted by atomic mass is 9.66. The van der Waals surface area contributed by atoms with Crippen LogP contribution in [0, 0.1) is 11.3 Å². The fraction of sp³-hybridized carbons (Fsp3) is 0.517. The van der Waals surface area contributed by atoms with Crippen molar-refractivity contribution < 1.29 is 22.4 Å². The van der Waals surface area contributed by atoms with Crippen LogP contribution in [0.15, 0.2) is 37.8 Å². The first-order valence-electron chi connectivity index (χ1n) is 13.2. The van der Waals surface area contributed by atoms with E-state index in [1.807, 2.05) is 18.2 Å². The van der Waals surface area contributed by atoms with Gasteiger partial charge in [-0.2, -0.15) is 13.2 Å². The average molecular weight is 582 g/mol. The molecule has 0 aromatic carbocycles. The number of alkyl halides is 3. The number of nitrogens with zero attached hydrogens (tertiary/aromatic N) is 2. The second-order valence-corrected chi connectivity index (χ2v) is 11.9. The van der Waals surface area contributed by atoms with E-state index in [1.54, 1.807) is 17.8 Å². The summed E-state index contributed by atoms with van der Waals surface area (Å²) in [6.45, 7) is 14.1. The maximum Gasteiger partial charge on any atom is 0.417 e. The van der Waals surface area contributed by atoms with E-state index in [-0.39, 0.29) is 51.8 Å². The fourth-order valence-corrected chi connectivity index (χ4v) is 5.40. The molecule has 1 heterocycles. The summed E-state index contributed by atoms with van der Waals surface area (Å²) in [5, 5.41) is 9.17. The lowest BCUT2D eigenvalue weighted by Gasteiger charge is -2.46. The summed E-state index contributed by atoms with van der Waals surface area (Å²) in [6, 6.07) is 1.55. The molecule has 2 aliphatic rings. The van der Waals surface area contributed by atoms with Crippen molar-refractivity contribution in [2.24, 2.45) is 11.3 Å². The maximum atomic E-state index is 13.7.